The third kappa shape index (κ3) is 2.69. The summed E-state index contributed by atoms with van der Waals surface area (Å²) in [6.07, 6.45) is 2.61. The Kier molecular flexibility index (Phi) is 4.54. The van der Waals surface area contributed by atoms with Crippen molar-refractivity contribution in [3.05, 3.63) is 0 Å². The number of carbonyl (C=O) groups excluding carboxylic acids is 1. The van der Waals surface area contributed by atoms with Gasteiger partial charge in [-0.3, -0.25) is 4.79 Å². The van der Waals surface area contributed by atoms with Crippen molar-refractivity contribution in [2.24, 2.45) is 11.7 Å². The zero-order valence-corrected chi connectivity index (χ0v) is 9.65. The predicted molar refractivity (Wildman–Crippen MR) is 59.3 cm³/mol. The van der Waals surface area contributed by atoms with Gasteiger partial charge in [0.1, 0.15) is 0 Å². The van der Waals surface area contributed by atoms with E-state index in [0.717, 1.165) is 25.8 Å². The summed E-state index contributed by atoms with van der Waals surface area (Å²) in [5.74, 6) is 0.382. The highest BCUT2D eigenvalue weighted by molar-refractivity contribution is 5.82. The molecular weight excluding hydrogens is 192 g/mol. The van der Waals surface area contributed by atoms with E-state index in [1.165, 1.54) is 0 Å². The van der Waals surface area contributed by atoms with Crippen molar-refractivity contribution < 1.29 is 9.90 Å². The average Bonchev–Trinajstić information content (AvgIpc) is 2.58. The average molecular weight is 214 g/mol. The molecule has 4 nitrogen and oxygen atoms in total. The van der Waals surface area contributed by atoms with E-state index in [1.807, 2.05) is 6.92 Å². The second kappa shape index (κ2) is 5.47. The molecule has 0 aliphatic carbocycles. The Bertz CT molecular complexity index is 221. The number of hydrogen-bond donors (Lipinski definition) is 2. The topological polar surface area (TPSA) is 66.6 Å². The maximum absolute atomic E-state index is 11.9. The number of rotatable bonds is 4. The Balaban J connectivity index is 2.59. The highest BCUT2D eigenvalue weighted by atomic mass is 16.3. The van der Waals surface area contributed by atoms with Crippen molar-refractivity contribution in [1.82, 2.24) is 4.90 Å². The van der Waals surface area contributed by atoms with Crippen LogP contribution in [0.2, 0.25) is 0 Å². The van der Waals surface area contributed by atoms with Crippen LogP contribution in [-0.4, -0.2) is 41.1 Å². The van der Waals surface area contributed by atoms with Crippen molar-refractivity contribution in [3.63, 3.8) is 0 Å². The fourth-order valence-electron chi connectivity index (χ4n) is 2.21. The molecule has 0 saturated carbocycles. The van der Waals surface area contributed by atoms with Crippen LogP contribution in [0, 0.1) is 5.92 Å². The van der Waals surface area contributed by atoms with Gasteiger partial charge < -0.3 is 15.7 Å². The molecule has 1 saturated heterocycles. The van der Waals surface area contributed by atoms with E-state index in [-0.39, 0.29) is 18.6 Å². The molecule has 0 spiro atoms. The molecule has 0 bridgehead atoms. The standard InChI is InChI=1S/C11H22N2O2/c1-3-4-9(12)11(15)13-6-5-8(2)10(13)7-14/h8-10,14H,3-7,12H2,1-2H3/t8?,9-,10?/m0/s1. The molecule has 1 rings (SSSR count). The minimum absolute atomic E-state index is 0.000231. The molecule has 0 aromatic heterocycles. The van der Waals surface area contributed by atoms with Crippen LogP contribution in [0.25, 0.3) is 0 Å². The normalized spacial score (nSPS) is 28.1. The molecule has 1 aliphatic heterocycles. The molecule has 0 aromatic rings. The van der Waals surface area contributed by atoms with Crippen LogP contribution in [0.3, 0.4) is 0 Å². The zero-order valence-electron chi connectivity index (χ0n) is 9.65. The smallest absolute Gasteiger partial charge is 0.239 e. The van der Waals surface area contributed by atoms with Crippen LogP contribution in [0.4, 0.5) is 0 Å². The first kappa shape index (κ1) is 12.5. The lowest BCUT2D eigenvalue weighted by atomic mass is 10.0. The molecule has 15 heavy (non-hydrogen) atoms. The van der Waals surface area contributed by atoms with Crippen LogP contribution in [0.5, 0.6) is 0 Å². The molecule has 0 aromatic carbocycles. The van der Waals surface area contributed by atoms with E-state index in [0.29, 0.717) is 5.92 Å². The minimum Gasteiger partial charge on any atom is -0.394 e. The summed E-state index contributed by atoms with van der Waals surface area (Å²) in [5, 5.41) is 9.23. The van der Waals surface area contributed by atoms with Crippen molar-refractivity contribution in [2.75, 3.05) is 13.2 Å². The minimum atomic E-state index is -0.394. The van der Waals surface area contributed by atoms with Gasteiger partial charge in [0.2, 0.25) is 5.91 Å². The van der Waals surface area contributed by atoms with Crippen molar-refractivity contribution in [3.8, 4) is 0 Å². The number of nitrogens with two attached hydrogens (primary N) is 1. The molecule has 88 valence electrons. The van der Waals surface area contributed by atoms with E-state index >= 15 is 0 Å². The van der Waals surface area contributed by atoms with E-state index < -0.39 is 6.04 Å². The Labute approximate surface area is 91.4 Å². The Morgan fingerprint density at radius 1 is 1.67 bits per heavy atom. The van der Waals surface area contributed by atoms with Crippen molar-refractivity contribution in [2.45, 2.75) is 45.2 Å². The van der Waals surface area contributed by atoms with Gasteiger partial charge in [-0.05, 0) is 18.8 Å². The summed E-state index contributed by atoms with van der Waals surface area (Å²) in [4.78, 5) is 13.7. The SMILES string of the molecule is CCC[C@H](N)C(=O)N1CCC(C)C1CO. The molecule has 0 radical (unpaired) electrons. The van der Waals surface area contributed by atoms with E-state index in [1.54, 1.807) is 4.90 Å². The summed E-state index contributed by atoms with van der Waals surface area (Å²) in [7, 11) is 0. The lowest BCUT2D eigenvalue weighted by Crippen LogP contribution is -2.48. The molecule has 2 unspecified atom stereocenters. The summed E-state index contributed by atoms with van der Waals surface area (Å²) in [5.41, 5.74) is 5.80. The first-order valence-electron chi connectivity index (χ1n) is 5.78. The molecule has 1 fully saturated rings. The summed E-state index contributed by atoms with van der Waals surface area (Å²) >= 11 is 0. The highest BCUT2D eigenvalue weighted by Gasteiger charge is 2.35. The van der Waals surface area contributed by atoms with Gasteiger partial charge in [0.05, 0.1) is 18.7 Å². The predicted octanol–water partition coefficient (Wildman–Crippen LogP) is 0.343. The van der Waals surface area contributed by atoms with Gasteiger partial charge in [-0.25, -0.2) is 0 Å². The van der Waals surface area contributed by atoms with Gasteiger partial charge in [-0.1, -0.05) is 20.3 Å². The molecular formula is C11H22N2O2. The van der Waals surface area contributed by atoms with Crippen molar-refractivity contribution >= 4 is 5.91 Å². The number of nitrogens with zero attached hydrogens (tertiary/aromatic N) is 1. The lowest BCUT2D eigenvalue weighted by molar-refractivity contribution is -0.134. The maximum atomic E-state index is 11.9. The van der Waals surface area contributed by atoms with Crippen LogP contribution in [-0.2, 0) is 4.79 Å². The maximum Gasteiger partial charge on any atom is 0.239 e. The van der Waals surface area contributed by atoms with Crippen LogP contribution in [0.1, 0.15) is 33.1 Å². The van der Waals surface area contributed by atoms with Gasteiger partial charge in [-0.15, -0.1) is 0 Å². The van der Waals surface area contributed by atoms with Gasteiger partial charge in [0.25, 0.3) is 0 Å². The summed E-state index contributed by atoms with van der Waals surface area (Å²) < 4.78 is 0. The van der Waals surface area contributed by atoms with Gasteiger partial charge in [0.15, 0.2) is 0 Å². The second-order valence-corrected chi connectivity index (χ2v) is 4.44. The van der Waals surface area contributed by atoms with Crippen LogP contribution < -0.4 is 5.73 Å². The Morgan fingerprint density at radius 2 is 2.33 bits per heavy atom. The fourth-order valence-corrected chi connectivity index (χ4v) is 2.21. The van der Waals surface area contributed by atoms with Crippen LogP contribution in [0.15, 0.2) is 0 Å². The Hall–Kier alpha value is -0.610. The van der Waals surface area contributed by atoms with E-state index in [9.17, 15) is 9.90 Å². The van der Waals surface area contributed by atoms with E-state index in [2.05, 4.69) is 6.92 Å². The Morgan fingerprint density at radius 3 is 2.87 bits per heavy atom. The third-order valence-corrected chi connectivity index (χ3v) is 3.27. The van der Waals surface area contributed by atoms with Crippen molar-refractivity contribution in [1.29, 1.82) is 0 Å². The number of likely N-dealkylation sites (tertiary alicyclic amines) is 1. The highest BCUT2D eigenvalue weighted by Crippen LogP contribution is 2.24. The quantitative estimate of drug-likeness (QED) is 0.709. The van der Waals surface area contributed by atoms with Gasteiger partial charge in [-0.2, -0.15) is 0 Å². The molecule has 1 amide bonds. The first-order valence-corrected chi connectivity index (χ1v) is 5.78. The summed E-state index contributed by atoms with van der Waals surface area (Å²) in [6, 6.07) is -0.422. The lowest BCUT2D eigenvalue weighted by Gasteiger charge is -2.27. The zero-order chi connectivity index (χ0) is 11.4. The molecule has 3 atom stereocenters. The first-order chi connectivity index (χ1) is 7.11. The molecule has 1 aliphatic rings. The van der Waals surface area contributed by atoms with Gasteiger partial charge in [0, 0.05) is 6.54 Å². The summed E-state index contributed by atoms with van der Waals surface area (Å²) in [6.45, 7) is 4.87. The van der Waals surface area contributed by atoms with Gasteiger partial charge >= 0.3 is 0 Å². The molecule has 1 heterocycles. The van der Waals surface area contributed by atoms with Crippen LogP contribution >= 0.6 is 0 Å². The fraction of sp³-hybridized carbons (Fsp3) is 0.909. The van der Waals surface area contributed by atoms with E-state index in [4.69, 9.17) is 5.73 Å². The number of aliphatic hydroxyl groups excluding tert-OH is 1. The molecule has 3 N–H and O–H groups in total. The molecule has 4 heteroatoms. The second-order valence-electron chi connectivity index (χ2n) is 4.44. The largest absolute Gasteiger partial charge is 0.394 e. The number of aliphatic hydroxyl groups is 1. The number of carbonyl (C=O) groups is 1. The third-order valence-electron chi connectivity index (χ3n) is 3.27. The monoisotopic (exact) mass is 214 g/mol. The number of hydrogen-bond acceptors (Lipinski definition) is 3. The number of amides is 1.